The molecule has 0 saturated carbocycles. The summed E-state index contributed by atoms with van der Waals surface area (Å²) in [7, 11) is 0. The highest BCUT2D eigenvalue weighted by Crippen LogP contribution is 2.41. The van der Waals surface area contributed by atoms with Crippen molar-refractivity contribution in [3.63, 3.8) is 0 Å². The van der Waals surface area contributed by atoms with Crippen LogP contribution in [0, 0.1) is 13.8 Å². The van der Waals surface area contributed by atoms with Crippen molar-refractivity contribution in [2.75, 3.05) is 0 Å². The Morgan fingerprint density at radius 3 is 2.60 bits per heavy atom. The molecule has 0 radical (unpaired) electrons. The van der Waals surface area contributed by atoms with Gasteiger partial charge in [0.1, 0.15) is 11.5 Å². The van der Waals surface area contributed by atoms with Crippen molar-refractivity contribution < 1.29 is 14.6 Å². The van der Waals surface area contributed by atoms with E-state index in [2.05, 4.69) is 0 Å². The van der Waals surface area contributed by atoms with E-state index in [0.717, 1.165) is 22.4 Å². The lowest BCUT2D eigenvalue weighted by atomic mass is 9.98. The van der Waals surface area contributed by atoms with Gasteiger partial charge in [0.05, 0.1) is 6.10 Å². The van der Waals surface area contributed by atoms with Crippen molar-refractivity contribution in [3.05, 3.63) is 22.8 Å². The zero-order chi connectivity index (χ0) is 11.2. The third kappa shape index (κ3) is 1.57. The number of hydrogen-bond acceptors (Lipinski definition) is 3. The van der Waals surface area contributed by atoms with E-state index in [1.165, 1.54) is 0 Å². The zero-order valence-corrected chi connectivity index (χ0v) is 9.50. The van der Waals surface area contributed by atoms with Gasteiger partial charge in [0, 0.05) is 11.1 Å². The standard InChI is InChI=1S/C12H16O3/c1-6-5-10-11(7(2)12(6)13)8(3)14-9(4)15-10/h5,8-9,13H,1-4H3/t8-,9+/m1/s1. The second kappa shape index (κ2) is 3.42. The number of aromatic hydroxyl groups is 1. The van der Waals surface area contributed by atoms with E-state index in [0.29, 0.717) is 5.75 Å². The lowest BCUT2D eigenvalue weighted by molar-refractivity contribution is -0.123. The first-order chi connectivity index (χ1) is 7.00. The van der Waals surface area contributed by atoms with Crippen molar-refractivity contribution >= 4 is 0 Å². The van der Waals surface area contributed by atoms with E-state index < -0.39 is 0 Å². The van der Waals surface area contributed by atoms with Crippen LogP contribution in [0.3, 0.4) is 0 Å². The highest BCUT2D eigenvalue weighted by atomic mass is 16.7. The third-order valence-electron chi connectivity index (χ3n) is 2.84. The molecular formula is C12H16O3. The number of ether oxygens (including phenoxy) is 2. The second-order valence-electron chi connectivity index (χ2n) is 4.04. The molecule has 0 aromatic heterocycles. The van der Waals surface area contributed by atoms with E-state index in [4.69, 9.17) is 9.47 Å². The van der Waals surface area contributed by atoms with Crippen LogP contribution in [-0.2, 0) is 4.74 Å². The van der Waals surface area contributed by atoms with Gasteiger partial charge in [-0.15, -0.1) is 0 Å². The first-order valence-corrected chi connectivity index (χ1v) is 5.16. The Labute approximate surface area is 89.6 Å². The van der Waals surface area contributed by atoms with Gasteiger partial charge >= 0.3 is 0 Å². The Kier molecular flexibility index (Phi) is 2.35. The number of rotatable bonds is 0. The molecule has 0 bridgehead atoms. The van der Waals surface area contributed by atoms with Gasteiger partial charge in [-0.1, -0.05) is 0 Å². The number of benzene rings is 1. The molecule has 82 valence electrons. The van der Waals surface area contributed by atoms with Crippen LogP contribution in [0.2, 0.25) is 0 Å². The summed E-state index contributed by atoms with van der Waals surface area (Å²) in [5.41, 5.74) is 2.65. The van der Waals surface area contributed by atoms with Gasteiger partial charge in [-0.05, 0) is 39.3 Å². The predicted octanol–water partition coefficient (Wildman–Crippen LogP) is 2.83. The number of fused-ring (bicyclic) bond motifs is 1. The van der Waals surface area contributed by atoms with Crippen LogP contribution in [-0.4, -0.2) is 11.4 Å². The molecule has 0 fully saturated rings. The number of phenolic OH excluding ortho intramolecular Hbond substituents is 1. The fourth-order valence-electron chi connectivity index (χ4n) is 2.12. The van der Waals surface area contributed by atoms with Gasteiger partial charge in [-0.25, -0.2) is 0 Å². The van der Waals surface area contributed by atoms with Crippen LogP contribution in [0.5, 0.6) is 11.5 Å². The summed E-state index contributed by atoms with van der Waals surface area (Å²) in [6, 6.07) is 1.87. The fraction of sp³-hybridized carbons (Fsp3) is 0.500. The van der Waals surface area contributed by atoms with Gasteiger partial charge in [0.15, 0.2) is 6.29 Å². The Morgan fingerprint density at radius 2 is 1.93 bits per heavy atom. The average Bonchev–Trinajstić information content (AvgIpc) is 2.13. The SMILES string of the molecule is Cc1cc2c(c(C)c1O)[C@@H](C)O[C@H](C)O2. The van der Waals surface area contributed by atoms with E-state index in [-0.39, 0.29) is 12.4 Å². The Morgan fingerprint density at radius 1 is 1.27 bits per heavy atom. The van der Waals surface area contributed by atoms with Crippen molar-refractivity contribution in [2.24, 2.45) is 0 Å². The first-order valence-electron chi connectivity index (χ1n) is 5.16. The minimum absolute atomic E-state index is 0.0322. The maximum absolute atomic E-state index is 9.83. The molecule has 15 heavy (non-hydrogen) atoms. The molecule has 0 unspecified atom stereocenters. The minimum atomic E-state index is -0.226. The maximum Gasteiger partial charge on any atom is 0.197 e. The lowest BCUT2D eigenvalue weighted by Crippen LogP contribution is -2.25. The van der Waals surface area contributed by atoms with Crippen LogP contribution in [0.1, 0.15) is 36.6 Å². The maximum atomic E-state index is 9.83. The third-order valence-corrected chi connectivity index (χ3v) is 2.84. The molecule has 0 spiro atoms. The molecule has 1 N–H and O–H groups in total. The summed E-state index contributed by atoms with van der Waals surface area (Å²) in [5.74, 6) is 1.16. The van der Waals surface area contributed by atoms with Crippen LogP contribution in [0.4, 0.5) is 0 Å². The van der Waals surface area contributed by atoms with E-state index in [1.54, 1.807) is 0 Å². The summed E-state index contributed by atoms with van der Waals surface area (Å²) in [6.45, 7) is 7.60. The summed E-state index contributed by atoms with van der Waals surface area (Å²) in [4.78, 5) is 0. The van der Waals surface area contributed by atoms with E-state index in [1.807, 2.05) is 33.8 Å². The normalized spacial score (nSPS) is 24.5. The number of aryl methyl sites for hydroxylation is 1. The first kappa shape index (κ1) is 10.3. The lowest BCUT2D eigenvalue weighted by Gasteiger charge is -2.30. The average molecular weight is 208 g/mol. The smallest absolute Gasteiger partial charge is 0.197 e. The molecule has 0 amide bonds. The molecule has 1 aromatic rings. The Bertz CT molecular complexity index is 398. The molecule has 0 saturated heterocycles. The molecule has 1 heterocycles. The predicted molar refractivity (Wildman–Crippen MR) is 57.2 cm³/mol. The van der Waals surface area contributed by atoms with Crippen LogP contribution < -0.4 is 4.74 Å². The van der Waals surface area contributed by atoms with Crippen LogP contribution in [0.25, 0.3) is 0 Å². The molecule has 3 heteroatoms. The monoisotopic (exact) mass is 208 g/mol. The highest BCUT2D eigenvalue weighted by Gasteiger charge is 2.26. The second-order valence-corrected chi connectivity index (χ2v) is 4.04. The molecule has 1 aromatic carbocycles. The van der Waals surface area contributed by atoms with E-state index >= 15 is 0 Å². The van der Waals surface area contributed by atoms with Gasteiger partial charge in [0.25, 0.3) is 0 Å². The summed E-state index contributed by atoms with van der Waals surface area (Å²) >= 11 is 0. The van der Waals surface area contributed by atoms with E-state index in [9.17, 15) is 5.11 Å². The van der Waals surface area contributed by atoms with Crippen molar-refractivity contribution in [2.45, 2.75) is 40.1 Å². The fourth-order valence-corrected chi connectivity index (χ4v) is 2.12. The van der Waals surface area contributed by atoms with Crippen molar-refractivity contribution in [1.82, 2.24) is 0 Å². The minimum Gasteiger partial charge on any atom is -0.507 e. The van der Waals surface area contributed by atoms with Crippen molar-refractivity contribution in [3.8, 4) is 11.5 Å². The van der Waals surface area contributed by atoms with Crippen LogP contribution >= 0.6 is 0 Å². The molecular weight excluding hydrogens is 192 g/mol. The van der Waals surface area contributed by atoms with Crippen LogP contribution in [0.15, 0.2) is 6.07 Å². The molecule has 2 rings (SSSR count). The van der Waals surface area contributed by atoms with Crippen molar-refractivity contribution in [1.29, 1.82) is 0 Å². The Balaban J connectivity index is 2.60. The van der Waals surface area contributed by atoms with Gasteiger partial charge in [-0.3, -0.25) is 0 Å². The highest BCUT2D eigenvalue weighted by molar-refractivity contribution is 5.53. The quantitative estimate of drug-likeness (QED) is 0.712. The molecule has 1 aliphatic heterocycles. The summed E-state index contributed by atoms with van der Waals surface area (Å²) in [5, 5.41) is 9.83. The topological polar surface area (TPSA) is 38.7 Å². The van der Waals surface area contributed by atoms with Gasteiger partial charge in [-0.2, -0.15) is 0 Å². The molecule has 0 aliphatic carbocycles. The summed E-state index contributed by atoms with van der Waals surface area (Å²) in [6.07, 6.45) is -0.258. The number of phenols is 1. The van der Waals surface area contributed by atoms with Gasteiger partial charge < -0.3 is 14.6 Å². The zero-order valence-electron chi connectivity index (χ0n) is 9.50. The molecule has 2 atom stereocenters. The largest absolute Gasteiger partial charge is 0.507 e. The van der Waals surface area contributed by atoms with Gasteiger partial charge in [0.2, 0.25) is 0 Å². The Hall–Kier alpha value is -1.22. The summed E-state index contributed by atoms with van der Waals surface area (Å²) < 4.78 is 11.1. The molecule has 1 aliphatic rings. The number of hydrogen-bond donors (Lipinski definition) is 1. The molecule has 3 nitrogen and oxygen atoms in total.